The predicted octanol–water partition coefficient (Wildman–Crippen LogP) is 3.45. The van der Waals surface area contributed by atoms with Crippen molar-refractivity contribution >= 4 is 11.3 Å². The number of hydrogen-bond donors (Lipinski definition) is 1. The Kier molecular flexibility index (Phi) is 5.19. The van der Waals surface area contributed by atoms with E-state index in [4.69, 9.17) is 10.1 Å². The van der Waals surface area contributed by atoms with Gasteiger partial charge in [0.25, 0.3) is 0 Å². The van der Waals surface area contributed by atoms with Crippen molar-refractivity contribution < 1.29 is 0 Å². The van der Waals surface area contributed by atoms with E-state index in [2.05, 4.69) is 51.8 Å². The Morgan fingerprint density at radius 3 is 2.80 bits per heavy atom. The molecule has 7 nitrogen and oxygen atoms in total. The first-order chi connectivity index (χ1) is 14.7. The van der Waals surface area contributed by atoms with Crippen molar-refractivity contribution in [3.05, 3.63) is 78.0 Å². The fraction of sp³-hybridized carbons (Fsp3) is 0.348. The zero-order valence-electron chi connectivity index (χ0n) is 17.3. The topological polar surface area (TPSA) is 63.3 Å². The fourth-order valence-corrected chi connectivity index (χ4v) is 4.20. The first kappa shape index (κ1) is 18.8. The zero-order chi connectivity index (χ0) is 20.3. The lowest BCUT2D eigenvalue weighted by Gasteiger charge is -2.30. The van der Waals surface area contributed by atoms with Gasteiger partial charge in [0.15, 0.2) is 11.5 Å². The molecule has 5 rings (SSSR count). The number of pyridine rings is 1. The molecule has 1 aliphatic rings. The Morgan fingerprint density at radius 1 is 1.07 bits per heavy atom. The van der Waals surface area contributed by atoms with Gasteiger partial charge in [-0.3, -0.25) is 9.58 Å². The molecule has 1 N–H and O–H groups in total. The van der Waals surface area contributed by atoms with Crippen LogP contribution in [0.15, 0.2) is 61.1 Å². The van der Waals surface area contributed by atoms with Crippen LogP contribution in [0.1, 0.15) is 35.7 Å². The van der Waals surface area contributed by atoms with Crippen molar-refractivity contribution in [1.29, 1.82) is 0 Å². The van der Waals surface area contributed by atoms with Gasteiger partial charge in [-0.1, -0.05) is 30.3 Å². The van der Waals surface area contributed by atoms with Gasteiger partial charge < -0.3 is 5.32 Å². The maximum Gasteiger partial charge on any atom is 0.156 e. The third-order valence-electron chi connectivity index (χ3n) is 5.72. The molecule has 30 heavy (non-hydrogen) atoms. The number of rotatable bonds is 6. The number of anilines is 1. The number of aromatic nitrogens is 5. The van der Waals surface area contributed by atoms with E-state index >= 15 is 0 Å². The molecule has 1 fully saturated rings. The Morgan fingerprint density at radius 2 is 1.97 bits per heavy atom. The van der Waals surface area contributed by atoms with Crippen LogP contribution in [-0.2, 0) is 20.1 Å². The molecule has 3 aromatic heterocycles. The van der Waals surface area contributed by atoms with E-state index in [1.807, 2.05) is 40.8 Å². The summed E-state index contributed by atoms with van der Waals surface area (Å²) in [4.78, 5) is 7.31. The van der Waals surface area contributed by atoms with Gasteiger partial charge in [-0.15, -0.1) is 0 Å². The molecule has 1 aromatic carbocycles. The molecule has 0 saturated carbocycles. The molecular weight excluding hydrogens is 374 g/mol. The van der Waals surface area contributed by atoms with Crippen LogP contribution in [0.2, 0.25) is 0 Å². The van der Waals surface area contributed by atoms with Crippen LogP contribution in [-0.4, -0.2) is 42.4 Å². The number of fused-ring (bicyclic) bond motifs is 1. The molecule has 0 aliphatic carbocycles. The van der Waals surface area contributed by atoms with Gasteiger partial charge >= 0.3 is 0 Å². The second kappa shape index (κ2) is 8.28. The van der Waals surface area contributed by atoms with Crippen LogP contribution in [0.5, 0.6) is 0 Å². The average molecular weight is 402 g/mol. The van der Waals surface area contributed by atoms with Crippen LogP contribution in [0.25, 0.3) is 5.65 Å². The third kappa shape index (κ3) is 4.21. The van der Waals surface area contributed by atoms with Gasteiger partial charge in [-0.2, -0.15) is 10.2 Å². The smallest absolute Gasteiger partial charge is 0.156 e. The summed E-state index contributed by atoms with van der Waals surface area (Å²) in [5.41, 5.74) is 4.47. The van der Waals surface area contributed by atoms with E-state index in [1.54, 1.807) is 0 Å². The monoisotopic (exact) mass is 401 g/mol. The van der Waals surface area contributed by atoms with Crippen molar-refractivity contribution in [3.8, 4) is 0 Å². The average Bonchev–Trinajstić information content (AvgIpc) is 3.38. The van der Waals surface area contributed by atoms with Gasteiger partial charge in [-0.25, -0.2) is 9.50 Å². The van der Waals surface area contributed by atoms with E-state index in [1.165, 1.54) is 17.5 Å². The maximum absolute atomic E-state index is 4.82. The SMILES string of the molecule is Cn1cc(CN2CCCC(c3nc4ccc(NCc5ccccc5)cn4n3)C2)cn1. The standard InChI is InChI=1S/C23H27N7/c1-28-14-19(13-25-28)15-29-11-5-8-20(16-29)23-26-22-10-9-21(17-30(22)27-23)24-12-18-6-3-2-4-7-18/h2-4,6-7,9-10,13-14,17,20,24H,5,8,11-12,15-16H2,1H3. The van der Waals surface area contributed by atoms with Gasteiger partial charge in [0.1, 0.15) is 0 Å². The van der Waals surface area contributed by atoms with Gasteiger partial charge in [-0.05, 0) is 37.1 Å². The molecule has 1 atom stereocenters. The van der Waals surface area contributed by atoms with Crippen LogP contribution >= 0.6 is 0 Å². The van der Waals surface area contributed by atoms with Crippen LogP contribution in [0.3, 0.4) is 0 Å². The molecule has 0 radical (unpaired) electrons. The van der Waals surface area contributed by atoms with Crippen molar-refractivity contribution in [2.75, 3.05) is 18.4 Å². The summed E-state index contributed by atoms with van der Waals surface area (Å²) in [6, 6.07) is 14.5. The highest BCUT2D eigenvalue weighted by Crippen LogP contribution is 2.26. The number of aryl methyl sites for hydroxylation is 1. The van der Waals surface area contributed by atoms with Gasteiger partial charge in [0.05, 0.1) is 18.1 Å². The largest absolute Gasteiger partial charge is 0.380 e. The summed E-state index contributed by atoms with van der Waals surface area (Å²) in [5, 5.41) is 12.6. The van der Waals surface area contributed by atoms with Crippen molar-refractivity contribution in [1.82, 2.24) is 29.3 Å². The maximum atomic E-state index is 4.82. The summed E-state index contributed by atoms with van der Waals surface area (Å²) in [7, 11) is 1.96. The Labute approximate surface area is 176 Å². The molecule has 1 unspecified atom stereocenters. The lowest BCUT2D eigenvalue weighted by atomic mass is 9.97. The molecule has 4 aromatic rings. The quantitative estimate of drug-likeness (QED) is 0.536. The molecule has 1 aliphatic heterocycles. The van der Waals surface area contributed by atoms with Gasteiger partial charge in [0, 0.05) is 44.4 Å². The minimum Gasteiger partial charge on any atom is -0.380 e. The Hall–Kier alpha value is -3.19. The predicted molar refractivity (Wildman–Crippen MR) is 117 cm³/mol. The summed E-state index contributed by atoms with van der Waals surface area (Å²) >= 11 is 0. The lowest BCUT2D eigenvalue weighted by molar-refractivity contribution is 0.196. The molecule has 1 saturated heterocycles. The summed E-state index contributed by atoms with van der Waals surface area (Å²) < 4.78 is 3.77. The summed E-state index contributed by atoms with van der Waals surface area (Å²) in [5.74, 6) is 1.32. The Bertz CT molecular complexity index is 1120. The number of hydrogen-bond acceptors (Lipinski definition) is 5. The first-order valence-corrected chi connectivity index (χ1v) is 10.6. The highest BCUT2D eigenvalue weighted by Gasteiger charge is 2.25. The van der Waals surface area contributed by atoms with Crippen LogP contribution < -0.4 is 5.32 Å². The van der Waals surface area contributed by atoms with E-state index in [0.717, 1.165) is 49.8 Å². The minimum atomic E-state index is 0.371. The molecule has 154 valence electrons. The number of piperidine rings is 1. The summed E-state index contributed by atoms with van der Waals surface area (Å²) in [6.07, 6.45) is 8.39. The van der Waals surface area contributed by atoms with E-state index in [0.29, 0.717) is 5.92 Å². The molecule has 0 spiro atoms. The second-order valence-corrected chi connectivity index (χ2v) is 8.13. The number of likely N-dealkylation sites (tertiary alicyclic amines) is 1. The zero-order valence-corrected chi connectivity index (χ0v) is 17.3. The highest BCUT2D eigenvalue weighted by atomic mass is 15.3. The number of nitrogens with one attached hydrogen (secondary N) is 1. The first-order valence-electron chi connectivity index (χ1n) is 10.6. The van der Waals surface area contributed by atoms with Gasteiger partial charge in [0.2, 0.25) is 0 Å². The number of benzene rings is 1. The van der Waals surface area contributed by atoms with E-state index in [9.17, 15) is 0 Å². The second-order valence-electron chi connectivity index (χ2n) is 8.13. The lowest BCUT2D eigenvalue weighted by Crippen LogP contribution is -2.34. The van der Waals surface area contributed by atoms with Crippen molar-refractivity contribution in [3.63, 3.8) is 0 Å². The molecular formula is C23H27N7. The third-order valence-corrected chi connectivity index (χ3v) is 5.72. The van der Waals surface area contributed by atoms with Crippen LogP contribution in [0.4, 0.5) is 5.69 Å². The molecule has 0 bridgehead atoms. The highest BCUT2D eigenvalue weighted by molar-refractivity contribution is 5.49. The number of nitrogens with zero attached hydrogens (tertiary/aromatic N) is 6. The molecule has 4 heterocycles. The molecule has 7 heteroatoms. The normalized spacial score (nSPS) is 17.4. The Balaban J connectivity index is 1.27. The van der Waals surface area contributed by atoms with E-state index in [-0.39, 0.29) is 0 Å². The van der Waals surface area contributed by atoms with E-state index < -0.39 is 0 Å². The summed E-state index contributed by atoms with van der Waals surface area (Å²) in [6.45, 7) is 3.84. The molecule has 0 amide bonds. The van der Waals surface area contributed by atoms with Crippen LogP contribution in [0, 0.1) is 0 Å². The fourth-order valence-electron chi connectivity index (χ4n) is 4.20. The minimum absolute atomic E-state index is 0.371. The van der Waals surface area contributed by atoms with Crippen molar-refractivity contribution in [2.45, 2.75) is 31.8 Å². The van der Waals surface area contributed by atoms with Crippen molar-refractivity contribution in [2.24, 2.45) is 7.05 Å².